The van der Waals surface area contributed by atoms with Gasteiger partial charge in [-0.05, 0) is 45.0 Å². The van der Waals surface area contributed by atoms with Crippen LogP contribution >= 0.6 is 0 Å². The molecule has 0 aliphatic carbocycles. The number of carboxylic acid groups (broad SMARTS) is 1. The summed E-state index contributed by atoms with van der Waals surface area (Å²) < 4.78 is 0. The van der Waals surface area contributed by atoms with Crippen LogP contribution < -0.4 is 5.32 Å². The van der Waals surface area contributed by atoms with Crippen molar-refractivity contribution in [2.75, 3.05) is 25.0 Å². The summed E-state index contributed by atoms with van der Waals surface area (Å²) in [5.41, 5.74) is 1.07. The standard InChI is InChI=1S/C14H21N3O2/c1-3-17-8-4-5-11(17)9-15-13-12(14(18)19)7-6-10(2)16-13/h6-7,11H,3-5,8-9H2,1-2H3,(H,15,16)(H,18,19). The fourth-order valence-corrected chi connectivity index (χ4v) is 2.62. The summed E-state index contributed by atoms with van der Waals surface area (Å²) in [4.78, 5) is 17.9. The molecule has 1 fully saturated rings. The zero-order chi connectivity index (χ0) is 13.8. The van der Waals surface area contributed by atoms with Crippen molar-refractivity contribution in [3.63, 3.8) is 0 Å². The summed E-state index contributed by atoms with van der Waals surface area (Å²) in [6.45, 7) is 6.95. The number of nitrogens with zero attached hydrogens (tertiary/aromatic N) is 2. The molecule has 2 heterocycles. The number of nitrogens with one attached hydrogen (secondary N) is 1. The number of aromatic carboxylic acids is 1. The quantitative estimate of drug-likeness (QED) is 0.850. The van der Waals surface area contributed by atoms with E-state index in [0.717, 1.165) is 31.7 Å². The van der Waals surface area contributed by atoms with E-state index in [2.05, 4.69) is 22.1 Å². The summed E-state index contributed by atoms with van der Waals surface area (Å²) in [5, 5.41) is 12.4. The Morgan fingerprint density at radius 3 is 3.05 bits per heavy atom. The summed E-state index contributed by atoms with van der Waals surface area (Å²) >= 11 is 0. The van der Waals surface area contributed by atoms with Gasteiger partial charge in [0.1, 0.15) is 11.4 Å². The van der Waals surface area contributed by atoms with Crippen molar-refractivity contribution < 1.29 is 9.90 Å². The van der Waals surface area contributed by atoms with Gasteiger partial charge >= 0.3 is 5.97 Å². The molecule has 0 amide bonds. The van der Waals surface area contributed by atoms with Gasteiger partial charge in [-0.15, -0.1) is 0 Å². The van der Waals surface area contributed by atoms with Gasteiger partial charge in [-0.3, -0.25) is 4.90 Å². The average Bonchev–Trinajstić information content (AvgIpc) is 2.83. The van der Waals surface area contributed by atoms with E-state index in [-0.39, 0.29) is 5.56 Å². The molecule has 2 rings (SSSR count). The van der Waals surface area contributed by atoms with Crippen LogP contribution in [0.1, 0.15) is 35.8 Å². The molecule has 1 atom stereocenters. The molecule has 0 bridgehead atoms. The van der Waals surface area contributed by atoms with Crippen LogP contribution in [0.4, 0.5) is 5.82 Å². The number of likely N-dealkylation sites (N-methyl/N-ethyl adjacent to an activating group) is 1. The second-order valence-corrected chi connectivity index (χ2v) is 4.96. The third-order valence-corrected chi connectivity index (χ3v) is 3.68. The number of carbonyl (C=O) groups is 1. The van der Waals surface area contributed by atoms with Crippen LogP contribution in [0.3, 0.4) is 0 Å². The smallest absolute Gasteiger partial charge is 0.339 e. The third kappa shape index (κ3) is 3.23. The van der Waals surface area contributed by atoms with E-state index in [1.807, 2.05) is 6.92 Å². The van der Waals surface area contributed by atoms with Gasteiger partial charge in [0.2, 0.25) is 0 Å². The van der Waals surface area contributed by atoms with E-state index in [1.54, 1.807) is 12.1 Å². The number of likely N-dealkylation sites (tertiary alicyclic amines) is 1. The Bertz CT molecular complexity index is 462. The zero-order valence-electron chi connectivity index (χ0n) is 11.5. The van der Waals surface area contributed by atoms with Crippen molar-refractivity contribution in [3.8, 4) is 0 Å². The Hall–Kier alpha value is -1.62. The lowest BCUT2D eigenvalue weighted by molar-refractivity contribution is 0.0697. The number of rotatable bonds is 5. The highest BCUT2D eigenvalue weighted by atomic mass is 16.4. The fraction of sp³-hybridized carbons (Fsp3) is 0.571. The molecule has 1 aromatic rings. The Labute approximate surface area is 113 Å². The molecule has 1 aliphatic heterocycles. The molecule has 0 radical (unpaired) electrons. The molecule has 1 unspecified atom stereocenters. The molecule has 104 valence electrons. The highest BCUT2D eigenvalue weighted by molar-refractivity contribution is 5.93. The lowest BCUT2D eigenvalue weighted by Gasteiger charge is -2.23. The number of carboxylic acids is 1. The van der Waals surface area contributed by atoms with E-state index < -0.39 is 5.97 Å². The zero-order valence-corrected chi connectivity index (χ0v) is 11.5. The second-order valence-electron chi connectivity index (χ2n) is 4.96. The molecule has 0 spiro atoms. The van der Waals surface area contributed by atoms with Gasteiger partial charge in [0, 0.05) is 18.3 Å². The number of anilines is 1. The first-order chi connectivity index (χ1) is 9.11. The molecule has 2 N–H and O–H groups in total. The first kappa shape index (κ1) is 13.8. The van der Waals surface area contributed by atoms with Crippen molar-refractivity contribution >= 4 is 11.8 Å². The molecule has 0 aromatic carbocycles. The Balaban J connectivity index is 2.06. The topological polar surface area (TPSA) is 65.5 Å². The summed E-state index contributed by atoms with van der Waals surface area (Å²) in [5.74, 6) is -0.454. The molecule has 1 aliphatic rings. The summed E-state index contributed by atoms with van der Waals surface area (Å²) in [7, 11) is 0. The predicted octanol–water partition coefficient (Wildman–Crippen LogP) is 1.98. The van der Waals surface area contributed by atoms with Gasteiger partial charge in [0.25, 0.3) is 0 Å². The maximum absolute atomic E-state index is 11.2. The molecule has 19 heavy (non-hydrogen) atoms. The molecule has 5 heteroatoms. The average molecular weight is 263 g/mol. The van der Waals surface area contributed by atoms with E-state index in [9.17, 15) is 4.79 Å². The van der Waals surface area contributed by atoms with Gasteiger partial charge in [0.15, 0.2) is 0 Å². The largest absolute Gasteiger partial charge is 0.478 e. The first-order valence-electron chi connectivity index (χ1n) is 6.80. The van der Waals surface area contributed by atoms with E-state index >= 15 is 0 Å². The number of hydrogen-bond donors (Lipinski definition) is 2. The van der Waals surface area contributed by atoms with Crippen LogP contribution in [-0.4, -0.2) is 46.6 Å². The van der Waals surface area contributed by atoms with Gasteiger partial charge in [0.05, 0.1) is 0 Å². The lowest BCUT2D eigenvalue weighted by Crippen LogP contribution is -2.35. The number of pyridine rings is 1. The SMILES string of the molecule is CCN1CCCC1CNc1nc(C)ccc1C(=O)O. The number of aromatic nitrogens is 1. The van der Waals surface area contributed by atoms with Crippen LogP contribution in [-0.2, 0) is 0 Å². The van der Waals surface area contributed by atoms with Gasteiger partial charge in [-0.2, -0.15) is 0 Å². The minimum Gasteiger partial charge on any atom is -0.478 e. The molecule has 0 saturated carbocycles. The van der Waals surface area contributed by atoms with Crippen molar-refractivity contribution in [3.05, 3.63) is 23.4 Å². The summed E-state index contributed by atoms with van der Waals surface area (Å²) in [6, 6.07) is 3.82. The highest BCUT2D eigenvalue weighted by Gasteiger charge is 2.23. The van der Waals surface area contributed by atoms with E-state index in [1.165, 1.54) is 6.42 Å². The van der Waals surface area contributed by atoms with Gasteiger partial charge in [-0.1, -0.05) is 6.92 Å². The normalized spacial score (nSPS) is 19.6. The lowest BCUT2D eigenvalue weighted by atomic mass is 10.2. The summed E-state index contributed by atoms with van der Waals surface area (Å²) in [6.07, 6.45) is 2.38. The molecule has 1 saturated heterocycles. The van der Waals surface area contributed by atoms with Crippen LogP contribution in [0.15, 0.2) is 12.1 Å². The Morgan fingerprint density at radius 2 is 2.37 bits per heavy atom. The second kappa shape index (κ2) is 6.02. The van der Waals surface area contributed by atoms with Gasteiger partial charge < -0.3 is 10.4 Å². The molecular weight excluding hydrogens is 242 g/mol. The van der Waals surface area contributed by atoms with Crippen LogP contribution in [0.2, 0.25) is 0 Å². The minimum absolute atomic E-state index is 0.242. The van der Waals surface area contributed by atoms with Crippen LogP contribution in [0.5, 0.6) is 0 Å². The minimum atomic E-state index is -0.936. The van der Waals surface area contributed by atoms with Gasteiger partial charge in [-0.25, -0.2) is 9.78 Å². The Morgan fingerprint density at radius 1 is 1.58 bits per heavy atom. The third-order valence-electron chi connectivity index (χ3n) is 3.68. The molecule has 5 nitrogen and oxygen atoms in total. The Kier molecular flexibility index (Phi) is 4.37. The van der Waals surface area contributed by atoms with Crippen molar-refractivity contribution in [2.45, 2.75) is 32.7 Å². The monoisotopic (exact) mass is 263 g/mol. The maximum atomic E-state index is 11.2. The highest BCUT2D eigenvalue weighted by Crippen LogP contribution is 2.19. The van der Waals surface area contributed by atoms with Crippen LogP contribution in [0.25, 0.3) is 0 Å². The van der Waals surface area contributed by atoms with Crippen LogP contribution in [0, 0.1) is 6.92 Å². The van der Waals surface area contributed by atoms with E-state index in [4.69, 9.17) is 5.11 Å². The number of hydrogen-bond acceptors (Lipinski definition) is 4. The molecular formula is C14H21N3O2. The van der Waals surface area contributed by atoms with Crippen molar-refractivity contribution in [1.82, 2.24) is 9.88 Å². The first-order valence-corrected chi connectivity index (χ1v) is 6.80. The molecule has 1 aromatic heterocycles. The van der Waals surface area contributed by atoms with E-state index in [0.29, 0.717) is 11.9 Å². The fourth-order valence-electron chi connectivity index (χ4n) is 2.62. The predicted molar refractivity (Wildman–Crippen MR) is 74.7 cm³/mol. The maximum Gasteiger partial charge on any atom is 0.339 e. The van der Waals surface area contributed by atoms with Crippen molar-refractivity contribution in [2.24, 2.45) is 0 Å². The number of aryl methyl sites for hydroxylation is 1. The van der Waals surface area contributed by atoms with Crippen molar-refractivity contribution in [1.29, 1.82) is 0 Å².